The second-order valence-corrected chi connectivity index (χ2v) is 23.6. The van der Waals surface area contributed by atoms with Crippen LogP contribution in [0.2, 0.25) is 0 Å². The summed E-state index contributed by atoms with van der Waals surface area (Å²) >= 11 is 0. The lowest BCUT2D eigenvalue weighted by molar-refractivity contribution is 0.769. The van der Waals surface area contributed by atoms with Crippen molar-refractivity contribution in [3.8, 4) is 77.9 Å². The maximum absolute atomic E-state index is 2.47. The van der Waals surface area contributed by atoms with Crippen LogP contribution in [0.3, 0.4) is 0 Å². The molecule has 2 spiro atoms. The van der Waals surface area contributed by atoms with Gasteiger partial charge in [-0.25, -0.2) is 0 Å². The van der Waals surface area contributed by atoms with Gasteiger partial charge in [0.25, 0.3) is 0 Å². The SMILES string of the molecule is c1ccc2c(c1)-c1ccccc1C2(c1ccc(-c2ccc3c(c2)-c2ccccc2C32c3ccccc3-c3c2ccc2ccccc32)cc1)c1ccc(-c2ccc3c(c2)-c2ccccc2C32c3ccccc3-c3c2ccc2ccccc32)cc1. The van der Waals surface area contributed by atoms with Crippen LogP contribution in [0.25, 0.3) is 99.4 Å². The van der Waals surface area contributed by atoms with Gasteiger partial charge in [-0.2, -0.15) is 0 Å². The molecule has 0 amide bonds. The summed E-state index contributed by atoms with van der Waals surface area (Å²) in [5.41, 5.74) is 32.8. The number of fused-ring (bicyclic) bond motifs is 27. The number of benzene rings is 14. The van der Waals surface area contributed by atoms with E-state index in [1.807, 2.05) is 0 Å². The Balaban J connectivity index is 0.734. The summed E-state index contributed by atoms with van der Waals surface area (Å²) < 4.78 is 0. The molecule has 5 aliphatic carbocycles. The Kier molecular flexibility index (Phi) is 8.95. The highest BCUT2D eigenvalue weighted by molar-refractivity contribution is 6.08. The fourth-order valence-corrected chi connectivity index (χ4v) is 17.0. The van der Waals surface area contributed by atoms with Crippen LogP contribution in [0.4, 0.5) is 0 Å². The molecular formula is C83H50. The Bertz CT molecular complexity index is 4820. The molecule has 382 valence electrons. The first kappa shape index (κ1) is 45.3. The predicted octanol–water partition coefficient (Wildman–Crippen LogP) is 20.4. The lowest BCUT2D eigenvalue weighted by Gasteiger charge is -2.34. The summed E-state index contributed by atoms with van der Waals surface area (Å²) in [5, 5.41) is 5.18. The van der Waals surface area contributed by atoms with Crippen LogP contribution in [0.5, 0.6) is 0 Å². The minimum Gasteiger partial charge on any atom is -0.0619 e. The Labute approximate surface area is 482 Å². The molecule has 0 bridgehead atoms. The lowest BCUT2D eigenvalue weighted by atomic mass is 9.67. The molecule has 0 saturated carbocycles. The van der Waals surface area contributed by atoms with Crippen molar-refractivity contribution in [1.29, 1.82) is 0 Å². The van der Waals surface area contributed by atoms with Crippen LogP contribution in [-0.2, 0) is 16.2 Å². The van der Waals surface area contributed by atoms with E-state index in [1.165, 1.54) is 166 Å². The van der Waals surface area contributed by atoms with Crippen LogP contribution in [-0.4, -0.2) is 0 Å². The molecule has 14 aromatic carbocycles. The highest BCUT2D eigenvalue weighted by Crippen LogP contribution is 2.66. The standard InChI is InChI=1S/C83H50/c1-3-19-59-53(17-1)37-47-77-79(59)65-25-9-15-31-73(65)82(77)71-29-13-7-23-63(71)67-49-55(39-45-75(67)82)51-33-41-57(42-34-51)81(69-27-11-5-21-61(69)62-22-6-12-28-70(62)81)58-43-35-52(36-44-58)56-40-46-76-68(50-56)64-24-8-14-30-72(64)83(76)74-32-16-10-26-66(74)80-60-20-4-2-18-54(60)38-48-78(80)83/h1-50H. The first-order valence-electron chi connectivity index (χ1n) is 29.3. The van der Waals surface area contributed by atoms with Gasteiger partial charge in [-0.15, -0.1) is 0 Å². The van der Waals surface area contributed by atoms with Crippen molar-refractivity contribution in [2.75, 3.05) is 0 Å². The largest absolute Gasteiger partial charge is 0.0725 e. The quantitative estimate of drug-likeness (QED) is 0.165. The molecule has 19 rings (SSSR count). The van der Waals surface area contributed by atoms with Crippen molar-refractivity contribution in [3.05, 3.63) is 370 Å². The monoisotopic (exact) mass is 1050 g/mol. The first-order valence-corrected chi connectivity index (χ1v) is 29.3. The zero-order chi connectivity index (χ0) is 54.2. The van der Waals surface area contributed by atoms with Crippen LogP contribution in [0.15, 0.2) is 303 Å². The van der Waals surface area contributed by atoms with Crippen molar-refractivity contribution in [3.63, 3.8) is 0 Å². The molecule has 14 aromatic rings. The third kappa shape index (κ3) is 5.57. The van der Waals surface area contributed by atoms with E-state index < -0.39 is 16.2 Å². The molecule has 0 radical (unpaired) electrons. The van der Waals surface area contributed by atoms with E-state index >= 15 is 0 Å². The highest BCUT2D eigenvalue weighted by Gasteiger charge is 2.54. The van der Waals surface area contributed by atoms with Crippen molar-refractivity contribution in [2.45, 2.75) is 16.2 Å². The minimum absolute atomic E-state index is 0.407. The number of rotatable bonds is 4. The molecule has 0 N–H and O–H groups in total. The third-order valence-corrected chi connectivity index (χ3v) is 20.2. The van der Waals surface area contributed by atoms with Crippen LogP contribution < -0.4 is 0 Å². The van der Waals surface area contributed by atoms with Gasteiger partial charge in [-0.3, -0.25) is 0 Å². The van der Waals surface area contributed by atoms with E-state index in [0.717, 1.165) is 0 Å². The Morgan fingerprint density at radius 1 is 0.169 bits per heavy atom. The average molecular weight is 1050 g/mol. The van der Waals surface area contributed by atoms with Gasteiger partial charge in [0.1, 0.15) is 0 Å². The van der Waals surface area contributed by atoms with Crippen LogP contribution in [0.1, 0.15) is 66.8 Å². The normalized spacial score (nSPS) is 17.1. The summed E-state index contributed by atoms with van der Waals surface area (Å²) in [6.45, 7) is 0. The van der Waals surface area contributed by atoms with E-state index in [4.69, 9.17) is 0 Å². The second kappa shape index (κ2) is 16.4. The molecule has 0 nitrogen and oxygen atoms in total. The summed E-state index contributed by atoms with van der Waals surface area (Å²) in [5.74, 6) is 0. The zero-order valence-electron chi connectivity index (χ0n) is 45.4. The van der Waals surface area contributed by atoms with Gasteiger partial charge < -0.3 is 0 Å². The van der Waals surface area contributed by atoms with Crippen LogP contribution in [0, 0.1) is 0 Å². The number of hydrogen-bond acceptors (Lipinski definition) is 0. The first-order chi connectivity index (χ1) is 41.2. The second-order valence-electron chi connectivity index (χ2n) is 23.6. The summed E-state index contributed by atoms with van der Waals surface area (Å²) in [6, 6.07) is 116. The Hall–Kier alpha value is -10.4. The van der Waals surface area contributed by atoms with Crippen molar-refractivity contribution in [1.82, 2.24) is 0 Å². The fraction of sp³-hybridized carbons (Fsp3) is 0.0361. The molecule has 0 heterocycles. The van der Waals surface area contributed by atoms with Gasteiger partial charge in [-0.1, -0.05) is 291 Å². The topological polar surface area (TPSA) is 0 Å². The molecule has 0 fully saturated rings. The van der Waals surface area contributed by atoms with Crippen molar-refractivity contribution < 1.29 is 0 Å². The summed E-state index contributed by atoms with van der Waals surface area (Å²) in [6.07, 6.45) is 0. The van der Waals surface area contributed by atoms with E-state index in [2.05, 4.69) is 303 Å². The molecule has 83 heavy (non-hydrogen) atoms. The van der Waals surface area contributed by atoms with E-state index in [1.54, 1.807) is 0 Å². The third-order valence-electron chi connectivity index (χ3n) is 20.2. The highest BCUT2D eigenvalue weighted by atomic mass is 14.5. The molecular weight excluding hydrogens is 997 g/mol. The van der Waals surface area contributed by atoms with Gasteiger partial charge >= 0.3 is 0 Å². The zero-order valence-corrected chi connectivity index (χ0v) is 45.4. The average Bonchev–Trinajstić information content (AvgIpc) is 2.77. The van der Waals surface area contributed by atoms with Gasteiger partial charge in [-0.05, 0) is 178 Å². The van der Waals surface area contributed by atoms with E-state index in [0.29, 0.717) is 0 Å². The maximum atomic E-state index is 2.47. The maximum Gasteiger partial charge on any atom is 0.0725 e. The molecule has 0 heteroatoms. The van der Waals surface area contributed by atoms with Gasteiger partial charge in [0.15, 0.2) is 0 Å². The van der Waals surface area contributed by atoms with Gasteiger partial charge in [0, 0.05) is 0 Å². The fourth-order valence-electron chi connectivity index (χ4n) is 17.0. The molecule has 2 unspecified atom stereocenters. The molecule has 0 aliphatic heterocycles. The Morgan fingerprint density at radius 3 is 0.843 bits per heavy atom. The predicted molar refractivity (Wildman–Crippen MR) is 342 cm³/mol. The smallest absolute Gasteiger partial charge is 0.0619 e. The van der Waals surface area contributed by atoms with Crippen molar-refractivity contribution in [2.24, 2.45) is 0 Å². The Morgan fingerprint density at radius 2 is 0.446 bits per heavy atom. The molecule has 0 aromatic heterocycles. The van der Waals surface area contributed by atoms with Gasteiger partial charge in [0.05, 0.1) is 16.2 Å². The van der Waals surface area contributed by atoms with Crippen LogP contribution >= 0.6 is 0 Å². The molecule has 0 saturated heterocycles. The lowest BCUT2D eigenvalue weighted by Crippen LogP contribution is -2.28. The van der Waals surface area contributed by atoms with E-state index in [-0.39, 0.29) is 0 Å². The number of hydrogen-bond donors (Lipinski definition) is 0. The molecule has 2 atom stereocenters. The van der Waals surface area contributed by atoms with Gasteiger partial charge in [0.2, 0.25) is 0 Å². The summed E-state index contributed by atoms with van der Waals surface area (Å²) in [4.78, 5) is 0. The molecule has 5 aliphatic rings. The van der Waals surface area contributed by atoms with Crippen molar-refractivity contribution >= 4 is 21.5 Å². The summed E-state index contributed by atoms with van der Waals surface area (Å²) in [7, 11) is 0. The minimum atomic E-state index is -0.544. The van der Waals surface area contributed by atoms with E-state index in [9.17, 15) is 0 Å².